The van der Waals surface area contributed by atoms with Crippen LogP contribution in [0.2, 0.25) is 0 Å². The maximum atomic E-state index is 6.44. The summed E-state index contributed by atoms with van der Waals surface area (Å²) >= 11 is 0. The molecule has 0 atom stereocenters. The molecule has 0 unspecified atom stereocenters. The van der Waals surface area contributed by atoms with Crippen molar-refractivity contribution in [2.24, 2.45) is 0 Å². The molecule has 0 amide bonds. The van der Waals surface area contributed by atoms with Gasteiger partial charge < -0.3 is 4.42 Å². The molecule has 0 aliphatic rings. The minimum Gasteiger partial charge on any atom is -0.455 e. The molecule has 49 heavy (non-hydrogen) atoms. The van der Waals surface area contributed by atoms with Crippen LogP contribution in [0.3, 0.4) is 0 Å². The Labute approximate surface area is 284 Å². The summed E-state index contributed by atoms with van der Waals surface area (Å²) in [6.45, 7) is 0. The van der Waals surface area contributed by atoms with Crippen molar-refractivity contribution in [3.8, 4) is 67.5 Å². The number of para-hydroxylation sites is 1. The number of aromatic nitrogens is 3. The SMILES string of the molecule is c1ccc(-c2ccc(-c3ccc(-c4nc(-c5ccccc5)nc(-c5ccc6oc7c(-c8ccccc8)cccc7c6c5)n4)cc3)cc2)cc1. The van der Waals surface area contributed by atoms with E-state index in [1.807, 2.05) is 54.6 Å². The molecule has 9 rings (SSSR count). The lowest BCUT2D eigenvalue weighted by Crippen LogP contribution is -2.00. The van der Waals surface area contributed by atoms with Crippen molar-refractivity contribution < 1.29 is 4.42 Å². The van der Waals surface area contributed by atoms with Gasteiger partial charge in [0.1, 0.15) is 11.2 Å². The minimum absolute atomic E-state index is 0.611. The fourth-order valence-corrected chi connectivity index (χ4v) is 6.43. The molecule has 7 aromatic carbocycles. The monoisotopic (exact) mass is 627 g/mol. The summed E-state index contributed by atoms with van der Waals surface area (Å²) in [5.74, 6) is 1.86. The van der Waals surface area contributed by atoms with Crippen LogP contribution in [0.4, 0.5) is 0 Å². The van der Waals surface area contributed by atoms with Gasteiger partial charge in [0.15, 0.2) is 17.5 Å². The van der Waals surface area contributed by atoms with Crippen LogP contribution in [0.1, 0.15) is 0 Å². The van der Waals surface area contributed by atoms with Crippen molar-refractivity contribution >= 4 is 21.9 Å². The lowest BCUT2D eigenvalue weighted by atomic mass is 9.99. The van der Waals surface area contributed by atoms with Gasteiger partial charge >= 0.3 is 0 Å². The van der Waals surface area contributed by atoms with Crippen LogP contribution < -0.4 is 0 Å². The number of furan rings is 1. The first-order chi connectivity index (χ1) is 24.3. The molecule has 0 aliphatic carbocycles. The normalized spacial score (nSPS) is 11.3. The molecule has 2 heterocycles. The van der Waals surface area contributed by atoms with Gasteiger partial charge in [0.05, 0.1) is 0 Å². The van der Waals surface area contributed by atoms with Gasteiger partial charge in [0.25, 0.3) is 0 Å². The second kappa shape index (κ2) is 12.2. The van der Waals surface area contributed by atoms with Crippen LogP contribution in [0.15, 0.2) is 180 Å². The van der Waals surface area contributed by atoms with Crippen LogP contribution in [0, 0.1) is 0 Å². The van der Waals surface area contributed by atoms with E-state index in [4.69, 9.17) is 19.4 Å². The first-order valence-electron chi connectivity index (χ1n) is 16.4. The number of hydrogen-bond acceptors (Lipinski definition) is 4. The van der Waals surface area contributed by atoms with Crippen LogP contribution >= 0.6 is 0 Å². The van der Waals surface area contributed by atoms with E-state index in [9.17, 15) is 0 Å². The molecule has 0 fully saturated rings. The summed E-state index contributed by atoms with van der Waals surface area (Å²) in [5.41, 5.74) is 11.3. The Kier molecular flexibility index (Phi) is 7.10. The number of rotatable bonds is 6. The van der Waals surface area contributed by atoms with Gasteiger partial charge in [0.2, 0.25) is 0 Å². The molecule has 4 nitrogen and oxygen atoms in total. The quantitative estimate of drug-likeness (QED) is 0.184. The molecule has 0 bridgehead atoms. The van der Waals surface area contributed by atoms with E-state index in [-0.39, 0.29) is 0 Å². The first-order valence-corrected chi connectivity index (χ1v) is 16.4. The van der Waals surface area contributed by atoms with E-state index in [0.717, 1.165) is 60.9 Å². The smallest absolute Gasteiger partial charge is 0.164 e. The molecule has 0 radical (unpaired) electrons. The Balaban J connectivity index is 1.11. The highest BCUT2D eigenvalue weighted by Gasteiger charge is 2.16. The van der Waals surface area contributed by atoms with Crippen LogP contribution in [-0.2, 0) is 0 Å². The molecule has 2 aromatic heterocycles. The van der Waals surface area contributed by atoms with E-state index in [2.05, 4.69) is 121 Å². The maximum Gasteiger partial charge on any atom is 0.164 e. The third kappa shape index (κ3) is 5.45. The maximum absolute atomic E-state index is 6.44. The minimum atomic E-state index is 0.611. The summed E-state index contributed by atoms with van der Waals surface area (Å²) in [4.78, 5) is 15.0. The average molecular weight is 628 g/mol. The second-order valence-corrected chi connectivity index (χ2v) is 12.1. The highest BCUT2D eigenvalue weighted by atomic mass is 16.3. The average Bonchev–Trinajstić information content (AvgIpc) is 3.57. The van der Waals surface area contributed by atoms with E-state index < -0.39 is 0 Å². The van der Waals surface area contributed by atoms with Crippen molar-refractivity contribution in [3.05, 3.63) is 176 Å². The van der Waals surface area contributed by atoms with Gasteiger partial charge in [-0.25, -0.2) is 15.0 Å². The van der Waals surface area contributed by atoms with E-state index in [0.29, 0.717) is 17.5 Å². The van der Waals surface area contributed by atoms with Gasteiger partial charge in [-0.2, -0.15) is 0 Å². The molecular formula is C45H29N3O. The van der Waals surface area contributed by atoms with Crippen molar-refractivity contribution in [3.63, 3.8) is 0 Å². The molecule has 0 saturated carbocycles. The second-order valence-electron chi connectivity index (χ2n) is 12.1. The van der Waals surface area contributed by atoms with Crippen molar-refractivity contribution in [2.45, 2.75) is 0 Å². The van der Waals surface area contributed by atoms with Gasteiger partial charge in [-0.05, 0) is 46.0 Å². The standard InChI is InChI=1S/C45H29N3O/c1-4-11-30(12-5-1)31-19-21-32(22-20-31)33-23-25-36(26-24-33)44-46-43(35-15-8-3-9-16-35)47-45(48-44)37-27-28-41-40(29-37)39-18-10-17-38(42(39)49-41)34-13-6-2-7-14-34/h1-29H. The first kappa shape index (κ1) is 28.6. The molecule has 4 heteroatoms. The highest BCUT2D eigenvalue weighted by molar-refractivity contribution is 6.10. The van der Waals surface area contributed by atoms with Crippen molar-refractivity contribution in [1.82, 2.24) is 15.0 Å². The van der Waals surface area contributed by atoms with Crippen LogP contribution in [0.5, 0.6) is 0 Å². The molecular weight excluding hydrogens is 599 g/mol. The lowest BCUT2D eigenvalue weighted by Gasteiger charge is -2.09. The van der Waals surface area contributed by atoms with Gasteiger partial charge in [-0.3, -0.25) is 0 Å². The largest absolute Gasteiger partial charge is 0.455 e. The Hall–Kier alpha value is -6.65. The lowest BCUT2D eigenvalue weighted by molar-refractivity contribution is 0.670. The summed E-state index contributed by atoms with van der Waals surface area (Å²) in [5, 5.41) is 2.08. The number of nitrogens with zero attached hydrogens (tertiary/aromatic N) is 3. The molecule has 0 aliphatic heterocycles. The fraction of sp³-hybridized carbons (Fsp3) is 0. The van der Waals surface area contributed by atoms with Gasteiger partial charge in [-0.15, -0.1) is 0 Å². The zero-order chi connectivity index (χ0) is 32.6. The summed E-state index contributed by atoms with van der Waals surface area (Å²) < 4.78 is 6.44. The van der Waals surface area contributed by atoms with Gasteiger partial charge in [0, 0.05) is 33.0 Å². The predicted molar refractivity (Wildman–Crippen MR) is 200 cm³/mol. The van der Waals surface area contributed by atoms with Crippen LogP contribution in [-0.4, -0.2) is 15.0 Å². The summed E-state index contributed by atoms with van der Waals surface area (Å²) in [6, 6.07) is 60.5. The van der Waals surface area contributed by atoms with Crippen molar-refractivity contribution in [2.75, 3.05) is 0 Å². The summed E-state index contributed by atoms with van der Waals surface area (Å²) in [6.07, 6.45) is 0. The molecule has 0 saturated heterocycles. The number of benzene rings is 7. The molecule has 0 spiro atoms. The molecule has 0 N–H and O–H groups in total. The fourth-order valence-electron chi connectivity index (χ4n) is 6.43. The van der Waals surface area contributed by atoms with Crippen molar-refractivity contribution in [1.29, 1.82) is 0 Å². The Morgan fingerprint density at radius 2 is 0.735 bits per heavy atom. The Morgan fingerprint density at radius 1 is 0.306 bits per heavy atom. The highest BCUT2D eigenvalue weighted by Crippen LogP contribution is 2.37. The topological polar surface area (TPSA) is 51.8 Å². The molecule has 230 valence electrons. The van der Waals surface area contributed by atoms with E-state index in [1.165, 1.54) is 11.1 Å². The third-order valence-corrected chi connectivity index (χ3v) is 8.98. The summed E-state index contributed by atoms with van der Waals surface area (Å²) in [7, 11) is 0. The number of hydrogen-bond donors (Lipinski definition) is 0. The molecule has 9 aromatic rings. The Bertz CT molecular complexity index is 2560. The van der Waals surface area contributed by atoms with Crippen LogP contribution in [0.25, 0.3) is 89.5 Å². The predicted octanol–water partition coefficient (Wildman–Crippen LogP) is 11.8. The third-order valence-electron chi connectivity index (χ3n) is 8.98. The van der Waals surface area contributed by atoms with E-state index in [1.54, 1.807) is 0 Å². The van der Waals surface area contributed by atoms with E-state index >= 15 is 0 Å². The van der Waals surface area contributed by atoms with Gasteiger partial charge in [-0.1, -0.05) is 158 Å². The number of fused-ring (bicyclic) bond motifs is 3. The zero-order valence-corrected chi connectivity index (χ0v) is 26.5. The zero-order valence-electron chi connectivity index (χ0n) is 26.5. The Morgan fingerprint density at radius 3 is 1.31 bits per heavy atom.